The second-order valence-corrected chi connectivity index (χ2v) is 5.29. The van der Waals surface area contributed by atoms with Gasteiger partial charge in [-0.05, 0) is 24.1 Å². The molecule has 1 aromatic rings. The minimum Gasteiger partial charge on any atom is -0.478 e. The van der Waals surface area contributed by atoms with E-state index in [9.17, 15) is 9.59 Å². The van der Waals surface area contributed by atoms with Crippen LogP contribution in [0.2, 0.25) is 0 Å². The zero-order valence-corrected chi connectivity index (χ0v) is 14.9. The number of amides is 1. The summed E-state index contributed by atoms with van der Waals surface area (Å²) >= 11 is 0. The van der Waals surface area contributed by atoms with Gasteiger partial charge < -0.3 is 5.11 Å². The molecule has 0 aliphatic heterocycles. The van der Waals surface area contributed by atoms with E-state index in [-0.39, 0.29) is 5.57 Å². The van der Waals surface area contributed by atoms with Gasteiger partial charge in [-0.3, -0.25) is 9.69 Å². The predicted molar refractivity (Wildman–Crippen MR) is 106 cm³/mol. The molecule has 1 rings (SSSR count). The molecule has 1 N–H and O–H groups in total. The predicted octanol–water partition coefficient (Wildman–Crippen LogP) is 4.22. The molecule has 0 aliphatic carbocycles. The Balaban J connectivity index is 3.02. The van der Waals surface area contributed by atoms with Crippen LogP contribution in [0.25, 0.3) is 6.08 Å². The van der Waals surface area contributed by atoms with Crippen molar-refractivity contribution in [3.05, 3.63) is 102 Å². The smallest absolute Gasteiger partial charge is 0.332 e. The molecular formula is C22H20N2O3. The summed E-state index contributed by atoms with van der Waals surface area (Å²) in [5, 5.41) is 17.6. The van der Waals surface area contributed by atoms with Crippen LogP contribution in [-0.2, 0) is 9.59 Å². The highest BCUT2D eigenvalue weighted by molar-refractivity contribution is 5.92. The van der Waals surface area contributed by atoms with Gasteiger partial charge in [0, 0.05) is 24.6 Å². The van der Waals surface area contributed by atoms with E-state index in [1.165, 1.54) is 19.2 Å². The largest absolute Gasteiger partial charge is 0.478 e. The van der Waals surface area contributed by atoms with Crippen molar-refractivity contribution >= 4 is 18.0 Å². The lowest BCUT2D eigenvalue weighted by atomic mass is 10.1. The van der Waals surface area contributed by atoms with Crippen LogP contribution in [0.4, 0.5) is 0 Å². The van der Waals surface area contributed by atoms with Gasteiger partial charge in [-0.25, -0.2) is 4.79 Å². The lowest BCUT2D eigenvalue weighted by molar-refractivity contribution is -0.132. The molecule has 0 radical (unpaired) electrons. The van der Waals surface area contributed by atoms with Crippen LogP contribution in [0.15, 0.2) is 96.9 Å². The number of aliphatic carboxylic acids is 1. The molecule has 0 fully saturated rings. The van der Waals surface area contributed by atoms with E-state index in [0.29, 0.717) is 0 Å². The summed E-state index contributed by atoms with van der Waals surface area (Å²) in [6.45, 7) is 5.01. The number of nitriles is 1. The highest BCUT2D eigenvalue weighted by Crippen LogP contribution is 2.08. The van der Waals surface area contributed by atoms with Crippen molar-refractivity contribution in [1.29, 1.82) is 5.26 Å². The monoisotopic (exact) mass is 360 g/mol. The number of carbonyl (C=O) groups excluding carboxylic acids is 1. The van der Waals surface area contributed by atoms with Gasteiger partial charge in [0.2, 0.25) is 0 Å². The number of rotatable bonds is 8. The second kappa shape index (κ2) is 11.6. The van der Waals surface area contributed by atoms with Gasteiger partial charge in [0.05, 0.1) is 11.6 Å². The standard InChI is InChI=1S/C22H20N2O3/c1-3-8-19(11-12-20-9-5-4-6-10-20)13-14-21(25)24(16-7-15-23)17-18(2)22(26)27/h3-14,16-17H,1H2,2H3,(H,26,27). The summed E-state index contributed by atoms with van der Waals surface area (Å²) < 4.78 is 0. The summed E-state index contributed by atoms with van der Waals surface area (Å²) in [6, 6.07) is 11.4. The van der Waals surface area contributed by atoms with Crippen LogP contribution >= 0.6 is 0 Å². The number of carbonyl (C=O) groups is 2. The first kappa shape index (κ1) is 21.1. The fraction of sp³-hybridized carbons (Fsp3) is 0.0455. The maximum Gasteiger partial charge on any atom is 0.332 e. The fourth-order valence-corrected chi connectivity index (χ4v) is 1.87. The average Bonchev–Trinajstić information content (AvgIpc) is 2.67. The highest BCUT2D eigenvalue weighted by atomic mass is 16.4. The first-order valence-corrected chi connectivity index (χ1v) is 8.02. The van der Waals surface area contributed by atoms with Gasteiger partial charge in [-0.2, -0.15) is 5.26 Å². The maximum atomic E-state index is 12.4. The molecule has 0 saturated heterocycles. The molecule has 0 spiro atoms. The van der Waals surface area contributed by atoms with Gasteiger partial charge >= 0.3 is 5.97 Å². The third-order valence-electron chi connectivity index (χ3n) is 3.23. The van der Waals surface area contributed by atoms with Crippen LogP contribution < -0.4 is 0 Å². The van der Waals surface area contributed by atoms with Crippen LogP contribution in [0, 0.1) is 11.3 Å². The van der Waals surface area contributed by atoms with Crippen molar-refractivity contribution in [2.75, 3.05) is 0 Å². The molecular weight excluding hydrogens is 340 g/mol. The normalized spacial score (nSPS) is 12.4. The Bertz CT molecular complexity index is 867. The topological polar surface area (TPSA) is 81.4 Å². The number of benzene rings is 1. The Kier molecular flexibility index (Phi) is 9.09. The van der Waals surface area contributed by atoms with Crippen molar-refractivity contribution in [2.24, 2.45) is 0 Å². The fourth-order valence-electron chi connectivity index (χ4n) is 1.87. The van der Waals surface area contributed by atoms with Crippen LogP contribution in [-0.4, -0.2) is 21.9 Å². The summed E-state index contributed by atoms with van der Waals surface area (Å²) in [4.78, 5) is 24.4. The summed E-state index contributed by atoms with van der Waals surface area (Å²) in [6.07, 6.45) is 13.4. The molecule has 0 heterocycles. The number of nitrogens with zero attached hydrogens (tertiary/aromatic N) is 2. The molecule has 0 aromatic heterocycles. The van der Waals surface area contributed by atoms with E-state index in [1.807, 2.05) is 42.5 Å². The average molecular weight is 360 g/mol. The summed E-state index contributed by atoms with van der Waals surface area (Å²) in [5.41, 5.74) is 1.70. The lowest BCUT2D eigenvalue weighted by Crippen LogP contribution is -2.19. The molecule has 0 saturated carbocycles. The third kappa shape index (κ3) is 8.14. The van der Waals surface area contributed by atoms with Crippen molar-refractivity contribution in [2.45, 2.75) is 6.92 Å². The number of allylic oxidation sites excluding steroid dienone is 6. The first-order valence-electron chi connectivity index (χ1n) is 8.02. The van der Waals surface area contributed by atoms with Gasteiger partial charge in [0.1, 0.15) is 0 Å². The molecule has 5 nitrogen and oxygen atoms in total. The van der Waals surface area contributed by atoms with E-state index in [4.69, 9.17) is 10.4 Å². The zero-order chi connectivity index (χ0) is 20.1. The summed E-state index contributed by atoms with van der Waals surface area (Å²) in [7, 11) is 0. The quantitative estimate of drug-likeness (QED) is 0.427. The molecule has 5 heteroatoms. The Morgan fingerprint density at radius 1 is 1.19 bits per heavy atom. The minimum atomic E-state index is -1.15. The maximum absolute atomic E-state index is 12.4. The number of carboxylic acid groups (broad SMARTS) is 1. The van der Waals surface area contributed by atoms with E-state index in [1.54, 1.807) is 24.3 Å². The number of carboxylic acids is 1. The highest BCUT2D eigenvalue weighted by Gasteiger charge is 2.08. The van der Waals surface area contributed by atoms with E-state index >= 15 is 0 Å². The van der Waals surface area contributed by atoms with Gasteiger partial charge in [0.15, 0.2) is 0 Å². The first-order chi connectivity index (χ1) is 13.0. The molecule has 27 heavy (non-hydrogen) atoms. The van der Waals surface area contributed by atoms with Gasteiger partial charge in [0.25, 0.3) is 5.91 Å². The molecule has 0 aliphatic rings. The Labute approximate surface area is 158 Å². The van der Waals surface area contributed by atoms with Crippen molar-refractivity contribution in [3.63, 3.8) is 0 Å². The molecule has 0 atom stereocenters. The van der Waals surface area contributed by atoms with Crippen molar-refractivity contribution in [3.8, 4) is 6.07 Å². The Hall–Kier alpha value is -3.91. The number of hydrogen-bond donors (Lipinski definition) is 1. The molecule has 0 unspecified atom stereocenters. The van der Waals surface area contributed by atoms with E-state index < -0.39 is 11.9 Å². The minimum absolute atomic E-state index is 0.0369. The lowest BCUT2D eigenvalue weighted by Gasteiger charge is -2.11. The molecule has 136 valence electrons. The summed E-state index contributed by atoms with van der Waals surface area (Å²) in [5.74, 6) is -1.65. The number of hydrogen-bond acceptors (Lipinski definition) is 3. The van der Waals surface area contributed by atoms with Crippen LogP contribution in [0.5, 0.6) is 0 Å². The second-order valence-electron chi connectivity index (χ2n) is 5.29. The molecule has 0 bridgehead atoms. The molecule has 1 amide bonds. The van der Waals surface area contributed by atoms with Crippen molar-refractivity contribution < 1.29 is 14.7 Å². The molecule has 1 aromatic carbocycles. The van der Waals surface area contributed by atoms with Crippen LogP contribution in [0.3, 0.4) is 0 Å². The zero-order valence-electron chi connectivity index (χ0n) is 14.9. The van der Waals surface area contributed by atoms with E-state index in [2.05, 4.69) is 6.58 Å². The Morgan fingerprint density at radius 3 is 2.48 bits per heavy atom. The van der Waals surface area contributed by atoms with Gasteiger partial charge in [-0.15, -0.1) is 0 Å². The van der Waals surface area contributed by atoms with Crippen molar-refractivity contribution in [1.82, 2.24) is 4.90 Å². The third-order valence-corrected chi connectivity index (χ3v) is 3.23. The van der Waals surface area contributed by atoms with E-state index in [0.717, 1.165) is 28.3 Å². The Morgan fingerprint density at radius 2 is 1.89 bits per heavy atom. The SMILES string of the molecule is C=CC=C(C=CC(=O)N(C=CC#N)C=C(C)C(=O)O)C=Cc1ccccc1. The van der Waals surface area contributed by atoms with Gasteiger partial charge in [-0.1, -0.05) is 61.2 Å². The van der Waals surface area contributed by atoms with Crippen LogP contribution in [0.1, 0.15) is 12.5 Å².